The highest BCUT2D eigenvalue weighted by Crippen LogP contribution is 2.32. The molecule has 0 saturated heterocycles. The number of rotatable bonds is 6. The predicted molar refractivity (Wildman–Crippen MR) is 115 cm³/mol. The normalized spacial score (nSPS) is 11.6. The molecule has 2 heterocycles. The van der Waals surface area contributed by atoms with Crippen LogP contribution in [0.3, 0.4) is 0 Å². The maximum absolute atomic E-state index is 12.7. The topological polar surface area (TPSA) is 106 Å². The van der Waals surface area contributed by atoms with Gasteiger partial charge in [0, 0.05) is 11.4 Å². The number of carbonyl (C=O) groups excluding carboxylic acids is 3. The molecule has 0 bridgehead atoms. The van der Waals surface area contributed by atoms with Crippen molar-refractivity contribution in [3.63, 3.8) is 0 Å². The second-order valence-corrected chi connectivity index (χ2v) is 7.66. The second-order valence-electron chi connectivity index (χ2n) is 6.63. The number of nitrogens with one attached hydrogen (secondary N) is 3. The number of carbonyl (C=O) groups is 3. The van der Waals surface area contributed by atoms with Gasteiger partial charge in [-0.2, -0.15) is 0 Å². The summed E-state index contributed by atoms with van der Waals surface area (Å²) in [5.41, 5.74) is 1.34. The van der Waals surface area contributed by atoms with Gasteiger partial charge >= 0.3 is 11.8 Å². The Hall–Kier alpha value is -3.85. The molecule has 0 unspecified atom stereocenters. The number of benzene rings is 2. The third kappa shape index (κ3) is 5.01. The van der Waals surface area contributed by atoms with E-state index in [2.05, 4.69) is 16.0 Å². The first kappa shape index (κ1) is 20.4. The van der Waals surface area contributed by atoms with Crippen LogP contribution in [-0.2, 0) is 22.7 Å². The molecular formula is C22H19N3O5S. The average Bonchev–Trinajstić information content (AvgIpc) is 3.47. The van der Waals surface area contributed by atoms with E-state index in [0.29, 0.717) is 11.5 Å². The number of fused-ring (bicyclic) bond motifs is 1. The number of ether oxygens (including phenoxy) is 2. The monoisotopic (exact) mass is 437 g/mol. The molecule has 2 aromatic carbocycles. The van der Waals surface area contributed by atoms with Crippen LogP contribution in [0.15, 0.2) is 60.0 Å². The van der Waals surface area contributed by atoms with Gasteiger partial charge in [-0.05, 0) is 41.3 Å². The smallest absolute Gasteiger partial charge is 0.313 e. The Balaban J connectivity index is 1.36. The van der Waals surface area contributed by atoms with Crippen LogP contribution >= 0.6 is 11.3 Å². The zero-order chi connectivity index (χ0) is 21.6. The Bertz CT molecular complexity index is 1110. The fourth-order valence-electron chi connectivity index (χ4n) is 2.96. The van der Waals surface area contributed by atoms with Crippen LogP contribution in [0.4, 0.5) is 5.69 Å². The van der Waals surface area contributed by atoms with E-state index in [4.69, 9.17) is 9.47 Å². The molecule has 9 heteroatoms. The zero-order valence-electron chi connectivity index (χ0n) is 16.3. The van der Waals surface area contributed by atoms with Gasteiger partial charge < -0.3 is 25.4 Å². The summed E-state index contributed by atoms with van der Waals surface area (Å²) in [4.78, 5) is 38.0. The van der Waals surface area contributed by atoms with Crippen LogP contribution in [0, 0.1) is 0 Å². The molecule has 0 fully saturated rings. The van der Waals surface area contributed by atoms with Crippen molar-refractivity contribution in [2.45, 2.75) is 13.1 Å². The Morgan fingerprint density at radius 1 is 0.871 bits per heavy atom. The summed E-state index contributed by atoms with van der Waals surface area (Å²) in [6.45, 7) is 0.708. The molecule has 1 aliphatic rings. The molecule has 158 valence electrons. The lowest BCUT2D eigenvalue weighted by Gasteiger charge is -2.12. The minimum atomic E-state index is -0.840. The van der Waals surface area contributed by atoms with Crippen molar-refractivity contribution in [3.8, 4) is 11.5 Å². The van der Waals surface area contributed by atoms with Crippen molar-refractivity contribution < 1.29 is 23.9 Å². The summed E-state index contributed by atoms with van der Waals surface area (Å²) in [6, 6.07) is 15.7. The highest BCUT2D eigenvalue weighted by Gasteiger charge is 2.18. The largest absolute Gasteiger partial charge is 0.454 e. The molecule has 0 atom stereocenters. The maximum Gasteiger partial charge on any atom is 0.313 e. The van der Waals surface area contributed by atoms with Crippen molar-refractivity contribution in [1.82, 2.24) is 10.6 Å². The van der Waals surface area contributed by atoms with E-state index in [9.17, 15) is 14.4 Å². The molecule has 3 N–H and O–H groups in total. The van der Waals surface area contributed by atoms with Crippen molar-refractivity contribution in [2.75, 3.05) is 12.1 Å². The first-order valence-corrected chi connectivity index (χ1v) is 10.4. The number of anilines is 1. The van der Waals surface area contributed by atoms with Gasteiger partial charge in [0.15, 0.2) is 11.5 Å². The summed E-state index contributed by atoms with van der Waals surface area (Å²) in [7, 11) is 0. The number of para-hydroxylation sites is 1. The van der Waals surface area contributed by atoms with E-state index in [1.165, 1.54) is 11.3 Å². The summed E-state index contributed by atoms with van der Waals surface area (Å²) < 4.78 is 10.6. The summed E-state index contributed by atoms with van der Waals surface area (Å²) in [6.07, 6.45) is 0. The standard InChI is InChI=1S/C22H19N3O5S/c26-20(23-11-14-7-8-18-19(10-14)30-13-29-18)16-5-1-2-6-17(16)25-22(28)21(27)24-12-15-4-3-9-31-15/h1-10H,11-13H2,(H,23,26)(H,24,27)(H,25,28). The van der Waals surface area contributed by atoms with E-state index in [0.717, 1.165) is 10.4 Å². The predicted octanol–water partition coefficient (Wildman–Crippen LogP) is 2.66. The third-order valence-corrected chi connectivity index (χ3v) is 5.40. The molecule has 0 radical (unpaired) electrons. The molecule has 31 heavy (non-hydrogen) atoms. The number of thiophene rings is 1. The Kier molecular flexibility index (Phi) is 6.13. The molecule has 3 amide bonds. The van der Waals surface area contributed by atoms with Gasteiger partial charge in [0.25, 0.3) is 5.91 Å². The quantitative estimate of drug-likeness (QED) is 0.514. The van der Waals surface area contributed by atoms with Crippen LogP contribution in [0.5, 0.6) is 11.5 Å². The number of amides is 3. The van der Waals surface area contributed by atoms with Crippen molar-refractivity contribution >= 4 is 34.7 Å². The third-order valence-electron chi connectivity index (χ3n) is 4.52. The molecule has 8 nitrogen and oxygen atoms in total. The lowest BCUT2D eigenvalue weighted by Crippen LogP contribution is -2.35. The molecule has 0 saturated carbocycles. The molecule has 4 rings (SSSR count). The van der Waals surface area contributed by atoms with E-state index in [-0.39, 0.29) is 37.0 Å². The number of hydrogen-bond donors (Lipinski definition) is 3. The van der Waals surface area contributed by atoms with Gasteiger partial charge in [-0.1, -0.05) is 24.3 Å². The highest BCUT2D eigenvalue weighted by atomic mass is 32.1. The lowest BCUT2D eigenvalue weighted by atomic mass is 10.1. The van der Waals surface area contributed by atoms with Crippen LogP contribution in [0.2, 0.25) is 0 Å². The molecule has 0 spiro atoms. The first-order valence-electron chi connectivity index (χ1n) is 9.47. The fourth-order valence-corrected chi connectivity index (χ4v) is 3.60. The Labute approximate surface area is 182 Å². The van der Waals surface area contributed by atoms with Gasteiger partial charge in [-0.15, -0.1) is 11.3 Å². The van der Waals surface area contributed by atoms with Gasteiger partial charge in [0.05, 0.1) is 17.8 Å². The minimum Gasteiger partial charge on any atom is -0.454 e. The van der Waals surface area contributed by atoms with Crippen LogP contribution < -0.4 is 25.4 Å². The van der Waals surface area contributed by atoms with E-state index < -0.39 is 11.8 Å². The summed E-state index contributed by atoms with van der Waals surface area (Å²) >= 11 is 1.48. The second kappa shape index (κ2) is 9.31. The van der Waals surface area contributed by atoms with Crippen molar-refractivity contribution in [2.24, 2.45) is 0 Å². The van der Waals surface area contributed by atoms with Crippen LogP contribution in [0.1, 0.15) is 20.8 Å². The SMILES string of the molecule is O=C(NCc1cccs1)C(=O)Nc1ccccc1C(=O)NCc1ccc2c(c1)OCO2. The zero-order valence-corrected chi connectivity index (χ0v) is 17.2. The minimum absolute atomic E-state index is 0.180. The van der Waals surface area contributed by atoms with Gasteiger partial charge in [0.2, 0.25) is 6.79 Å². The van der Waals surface area contributed by atoms with Crippen LogP contribution in [0.25, 0.3) is 0 Å². The average molecular weight is 437 g/mol. The molecular weight excluding hydrogens is 418 g/mol. The molecule has 1 aromatic heterocycles. The fraction of sp³-hybridized carbons (Fsp3) is 0.136. The lowest BCUT2D eigenvalue weighted by molar-refractivity contribution is -0.136. The van der Waals surface area contributed by atoms with Gasteiger partial charge in [-0.3, -0.25) is 14.4 Å². The molecule has 3 aromatic rings. The summed E-state index contributed by atoms with van der Waals surface area (Å²) in [5.74, 6) is -0.697. The van der Waals surface area contributed by atoms with Gasteiger partial charge in [-0.25, -0.2) is 0 Å². The Morgan fingerprint density at radius 2 is 1.71 bits per heavy atom. The van der Waals surface area contributed by atoms with E-state index >= 15 is 0 Å². The highest BCUT2D eigenvalue weighted by molar-refractivity contribution is 7.09. The molecule has 1 aliphatic heterocycles. The maximum atomic E-state index is 12.7. The molecule has 0 aliphatic carbocycles. The van der Waals surface area contributed by atoms with Crippen molar-refractivity contribution in [1.29, 1.82) is 0 Å². The van der Waals surface area contributed by atoms with Crippen molar-refractivity contribution in [3.05, 3.63) is 76.0 Å². The first-order chi connectivity index (χ1) is 15.1. The Morgan fingerprint density at radius 3 is 2.55 bits per heavy atom. The van der Waals surface area contributed by atoms with Gasteiger partial charge in [0.1, 0.15) is 0 Å². The summed E-state index contributed by atoms with van der Waals surface area (Å²) in [5, 5.41) is 9.76. The van der Waals surface area contributed by atoms with E-state index in [1.807, 2.05) is 23.6 Å². The number of hydrogen-bond acceptors (Lipinski definition) is 6. The van der Waals surface area contributed by atoms with Crippen LogP contribution in [-0.4, -0.2) is 24.5 Å². The van der Waals surface area contributed by atoms with E-state index in [1.54, 1.807) is 36.4 Å².